The second kappa shape index (κ2) is 8.20. The van der Waals surface area contributed by atoms with E-state index in [0.29, 0.717) is 18.8 Å². The Morgan fingerprint density at radius 2 is 2.00 bits per heavy atom. The summed E-state index contributed by atoms with van der Waals surface area (Å²) in [6.45, 7) is 7.19. The van der Waals surface area contributed by atoms with Gasteiger partial charge < -0.3 is 15.2 Å². The van der Waals surface area contributed by atoms with Crippen molar-refractivity contribution in [2.45, 2.75) is 27.2 Å². The summed E-state index contributed by atoms with van der Waals surface area (Å²) in [5, 5.41) is 12.5. The molecule has 0 unspecified atom stereocenters. The molecule has 0 aliphatic heterocycles. The van der Waals surface area contributed by atoms with Gasteiger partial charge in [0.05, 0.1) is 17.9 Å². The first kappa shape index (κ1) is 18.3. The number of carboxylic acid groups (broad SMARTS) is 1. The molecule has 0 amide bonds. The van der Waals surface area contributed by atoms with Crippen molar-refractivity contribution in [2.24, 2.45) is 0 Å². The normalized spacial score (nSPS) is 10.5. The van der Waals surface area contributed by atoms with E-state index in [9.17, 15) is 9.90 Å². The molecule has 0 aliphatic carbocycles. The van der Waals surface area contributed by atoms with Gasteiger partial charge in [0.25, 0.3) is 0 Å². The van der Waals surface area contributed by atoms with Crippen LogP contribution in [-0.2, 0) is 0 Å². The second-order valence-electron chi connectivity index (χ2n) is 5.80. The highest BCUT2D eigenvalue weighted by Gasteiger charge is 2.13. The molecule has 0 spiro atoms. The Balaban J connectivity index is 1.91. The monoisotopic (exact) mass is 391 g/mol. The predicted molar refractivity (Wildman–Crippen MR) is 100 cm³/mol. The van der Waals surface area contributed by atoms with Gasteiger partial charge in [0.1, 0.15) is 5.75 Å². The highest BCUT2D eigenvalue weighted by molar-refractivity contribution is 9.10. The molecule has 2 N–H and O–H groups in total. The number of nitrogens with one attached hydrogen (secondary N) is 1. The summed E-state index contributed by atoms with van der Waals surface area (Å²) in [6.07, 6.45) is 0.771. The average Bonchev–Trinajstić information content (AvgIpc) is 2.52. The van der Waals surface area contributed by atoms with Crippen LogP contribution in [0.5, 0.6) is 5.75 Å². The third-order valence-electron chi connectivity index (χ3n) is 3.90. The molecule has 0 atom stereocenters. The minimum atomic E-state index is -0.937. The maximum absolute atomic E-state index is 11.4. The largest absolute Gasteiger partial charge is 0.493 e. The molecule has 0 bridgehead atoms. The zero-order valence-corrected chi connectivity index (χ0v) is 15.7. The van der Waals surface area contributed by atoms with Crippen LogP contribution in [0.4, 0.5) is 5.69 Å². The topological polar surface area (TPSA) is 58.6 Å². The Hall–Kier alpha value is -2.01. The Kier molecular flexibility index (Phi) is 6.26. The van der Waals surface area contributed by atoms with Gasteiger partial charge in [0.15, 0.2) is 0 Å². The maximum atomic E-state index is 11.4. The lowest BCUT2D eigenvalue weighted by atomic mass is 10.1. The number of rotatable bonds is 7. The molecule has 0 saturated carbocycles. The number of anilines is 1. The van der Waals surface area contributed by atoms with E-state index < -0.39 is 5.97 Å². The molecule has 2 aromatic carbocycles. The average molecular weight is 392 g/mol. The standard InChI is InChI=1S/C19H22BrNO3/c1-12-10-15(19(22)23)18(16(20)11-12)21-8-5-9-24-17-7-4-6-13(2)14(17)3/h4,6-7,10-11,21H,5,8-9H2,1-3H3,(H,22,23). The summed E-state index contributed by atoms with van der Waals surface area (Å²) in [7, 11) is 0. The van der Waals surface area contributed by atoms with Crippen LogP contribution in [0.15, 0.2) is 34.8 Å². The van der Waals surface area contributed by atoms with Crippen LogP contribution in [-0.4, -0.2) is 24.2 Å². The van der Waals surface area contributed by atoms with Gasteiger partial charge in [-0.3, -0.25) is 0 Å². The van der Waals surface area contributed by atoms with E-state index >= 15 is 0 Å². The lowest BCUT2D eigenvalue weighted by Gasteiger charge is -2.14. The number of benzene rings is 2. The van der Waals surface area contributed by atoms with Crippen LogP contribution < -0.4 is 10.1 Å². The minimum Gasteiger partial charge on any atom is -0.493 e. The summed E-state index contributed by atoms with van der Waals surface area (Å²) in [6, 6.07) is 9.59. The number of carboxylic acids is 1. The fourth-order valence-electron chi connectivity index (χ4n) is 2.44. The van der Waals surface area contributed by atoms with Crippen molar-refractivity contribution in [1.29, 1.82) is 0 Å². The highest BCUT2D eigenvalue weighted by Crippen LogP contribution is 2.28. The molecule has 128 valence electrons. The minimum absolute atomic E-state index is 0.275. The molecule has 0 aliphatic rings. The van der Waals surface area contributed by atoms with Crippen molar-refractivity contribution in [3.63, 3.8) is 0 Å². The van der Waals surface area contributed by atoms with Gasteiger partial charge in [-0.25, -0.2) is 4.79 Å². The van der Waals surface area contributed by atoms with Crippen molar-refractivity contribution >= 4 is 27.6 Å². The molecule has 24 heavy (non-hydrogen) atoms. The van der Waals surface area contributed by atoms with Crippen LogP contribution in [0.1, 0.15) is 33.5 Å². The predicted octanol–water partition coefficient (Wildman–Crippen LogP) is 4.95. The molecule has 0 radical (unpaired) electrons. The summed E-state index contributed by atoms with van der Waals surface area (Å²) >= 11 is 3.43. The number of carbonyl (C=O) groups is 1. The van der Waals surface area contributed by atoms with E-state index in [1.54, 1.807) is 6.07 Å². The summed E-state index contributed by atoms with van der Waals surface area (Å²) in [5.41, 5.74) is 4.15. The smallest absolute Gasteiger partial charge is 0.337 e. The Morgan fingerprint density at radius 3 is 2.71 bits per heavy atom. The number of halogens is 1. The third-order valence-corrected chi connectivity index (χ3v) is 4.53. The summed E-state index contributed by atoms with van der Waals surface area (Å²) in [4.78, 5) is 11.4. The number of hydrogen-bond acceptors (Lipinski definition) is 3. The number of ether oxygens (including phenoxy) is 1. The fraction of sp³-hybridized carbons (Fsp3) is 0.316. The SMILES string of the molecule is Cc1cc(Br)c(NCCCOc2cccc(C)c2C)c(C(=O)O)c1. The summed E-state index contributed by atoms with van der Waals surface area (Å²) in [5.74, 6) is -0.0359. The van der Waals surface area contributed by atoms with Crippen LogP contribution >= 0.6 is 15.9 Å². The number of aryl methyl sites for hydroxylation is 2. The zero-order valence-electron chi connectivity index (χ0n) is 14.1. The van der Waals surface area contributed by atoms with Gasteiger partial charge in [-0.2, -0.15) is 0 Å². The number of hydrogen-bond donors (Lipinski definition) is 2. The Labute approximate surface area is 151 Å². The maximum Gasteiger partial charge on any atom is 0.337 e. The van der Waals surface area contributed by atoms with Crippen LogP contribution in [0, 0.1) is 20.8 Å². The lowest BCUT2D eigenvalue weighted by molar-refractivity contribution is 0.0697. The molecule has 4 nitrogen and oxygen atoms in total. The van der Waals surface area contributed by atoms with Crippen molar-refractivity contribution in [1.82, 2.24) is 0 Å². The van der Waals surface area contributed by atoms with Crippen LogP contribution in [0.3, 0.4) is 0 Å². The Bertz CT molecular complexity index is 744. The van der Waals surface area contributed by atoms with E-state index in [1.165, 1.54) is 5.56 Å². The summed E-state index contributed by atoms with van der Waals surface area (Å²) < 4.78 is 6.57. The van der Waals surface area contributed by atoms with Gasteiger partial charge >= 0.3 is 5.97 Å². The first-order valence-corrected chi connectivity index (χ1v) is 8.65. The van der Waals surface area contributed by atoms with E-state index in [2.05, 4.69) is 34.2 Å². The van der Waals surface area contributed by atoms with E-state index in [4.69, 9.17) is 4.74 Å². The van der Waals surface area contributed by atoms with Crippen LogP contribution in [0.2, 0.25) is 0 Å². The van der Waals surface area contributed by atoms with Crippen molar-refractivity contribution in [3.8, 4) is 5.75 Å². The molecular formula is C19H22BrNO3. The molecule has 0 fully saturated rings. The van der Waals surface area contributed by atoms with Gasteiger partial charge in [-0.05, 0) is 78.0 Å². The van der Waals surface area contributed by atoms with Gasteiger partial charge in [0, 0.05) is 11.0 Å². The van der Waals surface area contributed by atoms with Gasteiger partial charge in [-0.15, -0.1) is 0 Å². The molecule has 0 aromatic heterocycles. The fourth-order valence-corrected chi connectivity index (χ4v) is 3.15. The lowest BCUT2D eigenvalue weighted by Crippen LogP contribution is -2.11. The zero-order chi connectivity index (χ0) is 17.7. The molecule has 5 heteroatoms. The van der Waals surface area contributed by atoms with Crippen molar-refractivity contribution in [3.05, 3.63) is 57.1 Å². The molecule has 2 aromatic rings. The van der Waals surface area contributed by atoms with Crippen LogP contribution in [0.25, 0.3) is 0 Å². The van der Waals surface area contributed by atoms with Crippen molar-refractivity contribution in [2.75, 3.05) is 18.5 Å². The Morgan fingerprint density at radius 1 is 1.25 bits per heavy atom. The molecular weight excluding hydrogens is 370 g/mol. The molecule has 0 heterocycles. The van der Waals surface area contributed by atoms with Gasteiger partial charge in [-0.1, -0.05) is 12.1 Å². The van der Waals surface area contributed by atoms with Gasteiger partial charge in [0.2, 0.25) is 0 Å². The first-order chi connectivity index (χ1) is 11.4. The highest BCUT2D eigenvalue weighted by atomic mass is 79.9. The van der Waals surface area contributed by atoms with Crippen molar-refractivity contribution < 1.29 is 14.6 Å². The van der Waals surface area contributed by atoms with E-state index in [0.717, 1.165) is 27.8 Å². The number of aromatic carboxylic acids is 1. The van der Waals surface area contributed by atoms with E-state index in [1.807, 2.05) is 32.0 Å². The second-order valence-corrected chi connectivity index (χ2v) is 6.66. The van der Waals surface area contributed by atoms with E-state index in [-0.39, 0.29) is 5.56 Å². The quantitative estimate of drug-likeness (QED) is 0.655. The molecule has 0 saturated heterocycles. The molecule has 2 rings (SSSR count). The third kappa shape index (κ3) is 4.51. The first-order valence-electron chi connectivity index (χ1n) is 7.86.